The Kier molecular flexibility index (Phi) is 2.27. The lowest BCUT2D eigenvalue weighted by atomic mass is 10.0. The summed E-state index contributed by atoms with van der Waals surface area (Å²) >= 11 is 0. The molecule has 84 valence electrons. The molecule has 1 aliphatic heterocycles. The van der Waals surface area contributed by atoms with Crippen LogP contribution < -0.4 is 0 Å². The minimum atomic E-state index is -0.0302. The van der Waals surface area contributed by atoms with Gasteiger partial charge in [0.15, 0.2) is 0 Å². The van der Waals surface area contributed by atoms with Crippen molar-refractivity contribution in [3.8, 4) is 0 Å². The normalized spacial score (nSPS) is 20.1. The molecule has 0 radical (unpaired) electrons. The van der Waals surface area contributed by atoms with Gasteiger partial charge in [-0.25, -0.2) is 0 Å². The monoisotopic (exact) mass is 218 g/mol. The summed E-state index contributed by atoms with van der Waals surface area (Å²) in [5, 5.41) is 3.56. The molecule has 2 heterocycles. The van der Waals surface area contributed by atoms with Gasteiger partial charge in [-0.1, -0.05) is 16.3 Å². The van der Waals surface area contributed by atoms with Gasteiger partial charge in [0.2, 0.25) is 5.76 Å². The van der Waals surface area contributed by atoms with E-state index < -0.39 is 0 Å². The molecular formula is C12H14N2O2. The molecule has 0 bridgehead atoms. The predicted octanol–water partition coefficient (Wildman–Crippen LogP) is 2.00. The summed E-state index contributed by atoms with van der Waals surface area (Å²) < 4.78 is 4.88. The second-order valence-corrected chi connectivity index (χ2v) is 4.38. The molecule has 1 amide bonds. The first-order chi connectivity index (χ1) is 7.84. The zero-order valence-corrected chi connectivity index (χ0v) is 9.11. The fourth-order valence-corrected chi connectivity index (χ4v) is 2.23. The van der Waals surface area contributed by atoms with Crippen molar-refractivity contribution >= 4 is 5.91 Å². The van der Waals surface area contributed by atoms with Crippen LogP contribution in [0.15, 0.2) is 27.9 Å². The second kappa shape index (κ2) is 3.77. The van der Waals surface area contributed by atoms with Crippen LogP contribution in [0.5, 0.6) is 0 Å². The number of hydrogen-bond donors (Lipinski definition) is 0. The SMILES string of the molecule is O=C(c1ccno1)N1CCC(=C2CC2)CC1. The van der Waals surface area contributed by atoms with Gasteiger partial charge in [0.05, 0.1) is 6.20 Å². The van der Waals surface area contributed by atoms with Crippen LogP contribution in [-0.2, 0) is 0 Å². The van der Waals surface area contributed by atoms with Crippen molar-refractivity contribution in [3.63, 3.8) is 0 Å². The van der Waals surface area contributed by atoms with E-state index in [4.69, 9.17) is 4.52 Å². The molecule has 0 N–H and O–H groups in total. The lowest BCUT2D eigenvalue weighted by molar-refractivity contribution is 0.0701. The van der Waals surface area contributed by atoms with Gasteiger partial charge in [-0.3, -0.25) is 4.79 Å². The van der Waals surface area contributed by atoms with Gasteiger partial charge in [-0.15, -0.1) is 0 Å². The molecule has 2 aliphatic rings. The van der Waals surface area contributed by atoms with E-state index in [1.165, 1.54) is 19.0 Å². The Morgan fingerprint density at radius 1 is 1.19 bits per heavy atom. The standard InChI is InChI=1S/C12H14N2O2/c15-12(11-3-6-13-16-11)14-7-4-10(5-8-14)9-1-2-9/h3,6H,1-2,4-5,7-8H2. The molecule has 1 aliphatic carbocycles. The molecule has 1 aromatic rings. The summed E-state index contributed by atoms with van der Waals surface area (Å²) in [4.78, 5) is 13.8. The Balaban J connectivity index is 1.66. The van der Waals surface area contributed by atoms with E-state index in [0.717, 1.165) is 25.9 Å². The van der Waals surface area contributed by atoms with Crippen LogP contribution in [-0.4, -0.2) is 29.1 Å². The number of likely N-dealkylation sites (tertiary alicyclic amines) is 1. The second-order valence-electron chi connectivity index (χ2n) is 4.38. The number of rotatable bonds is 1. The zero-order chi connectivity index (χ0) is 11.0. The van der Waals surface area contributed by atoms with Crippen molar-refractivity contribution in [2.75, 3.05) is 13.1 Å². The Morgan fingerprint density at radius 3 is 2.44 bits per heavy atom. The molecule has 0 unspecified atom stereocenters. The minimum Gasteiger partial charge on any atom is -0.351 e. The van der Waals surface area contributed by atoms with E-state index in [9.17, 15) is 4.79 Å². The molecule has 0 atom stereocenters. The first kappa shape index (κ1) is 9.63. The highest BCUT2D eigenvalue weighted by molar-refractivity contribution is 5.91. The van der Waals surface area contributed by atoms with Crippen molar-refractivity contribution < 1.29 is 9.32 Å². The van der Waals surface area contributed by atoms with Crippen LogP contribution >= 0.6 is 0 Å². The van der Waals surface area contributed by atoms with E-state index in [0.29, 0.717) is 5.76 Å². The average Bonchev–Trinajstić information content (AvgIpc) is 3.04. The van der Waals surface area contributed by atoms with E-state index in [2.05, 4.69) is 5.16 Å². The predicted molar refractivity (Wildman–Crippen MR) is 57.9 cm³/mol. The van der Waals surface area contributed by atoms with Crippen molar-refractivity contribution in [3.05, 3.63) is 29.2 Å². The van der Waals surface area contributed by atoms with Crippen LogP contribution in [0.2, 0.25) is 0 Å². The molecule has 0 spiro atoms. The van der Waals surface area contributed by atoms with Gasteiger partial charge in [-0.2, -0.15) is 0 Å². The van der Waals surface area contributed by atoms with E-state index in [1.54, 1.807) is 17.2 Å². The molecular weight excluding hydrogens is 204 g/mol. The van der Waals surface area contributed by atoms with Crippen LogP contribution in [0, 0.1) is 0 Å². The van der Waals surface area contributed by atoms with Crippen LogP contribution in [0.25, 0.3) is 0 Å². The third-order valence-corrected chi connectivity index (χ3v) is 3.30. The Hall–Kier alpha value is -1.58. The van der Waals surface area contributed by atoms with E-state index in [1.807, 2.05) is 4.90 Å². The van der Waals surface area contributed by atoms with Crippen LogP contribution in [0.3, 0.4) is 0 Å². The van der Waals surface area contributed by atoms with Crippen molar-refractivity contribution in [2.45, 2.75) is 25.7 Å². The summed E-state index contributed by atoms with van der Waals surface area (Å²) in [6.45, 7) is 1.64. The zero-order valence-electron chi connectivity index (χ0n) is 9.11. The lowest BCUT2D eigenvalue weighted by Gasteiger charge is -2.27. The first-order valence-corrected chi connectivity index (χ1v) is 5.74. The third-order valence-electron chi connectivity index (χ3n) is 3.30. The molecule has 1 aromatic heterocycles. The van der Waals surface area contributed by atoms with Gasteiger partial charge < -0.3 is 9.42 Å². The average molecular weight is 218 g/mol. The summed E-state index contributed by atoms with van der Waals surface area (Å²) in [6, 6.07) is 1.62. The van der Waals surface area contributed by atoms with Crippen molar-refractivity contribution in [2.24, 2.45) is 0 Å². The number of amides is 1. The first-order valence-electron chi connectivity index (χ1n) is 5.74. The molecule has 4 nitrogen and oxygen atoms in total. The van der Waals surface area contributed by atoms with Gasteiger partial charge in [0.1, 0.15) is 0 Å². The number of hydrogen-bond acceptors (Lipinski definition) is 3. The topological polar surface area (TPSA) is 46.3 Å². The number of allylic oxidation sites excluding steroid dienone is 1. The van der Waals surface area contributed by atoms with Crippen molar-refractivity contribution in [1.82, 2.24) is 10.1 Å². The summed E-state index contributed by atoms with van der Waals surface area (Å²) in [5.41, 5.74) is 3.22. The molecule has 1 saturated carbocycles. The van der Waals surface area contributed by atoms with Crippen molar-refractivity contribution in [1.29, 1.82) is 0 Å². The highest BCUT2D eigenvalue weighted by Crippen LogP contribution is 2.36. The third kappa shape index (κ3) is 1.75. The molecule has 3 rings (SSSR count). The minimum absolute atomic E-state index is 0.0302. The highest BCUT2D eigenvalue weighted by atomic mass is 16.5. The smallest absolute Gasteiger partial charge is 0.292 e. The highest BCUT2D eigenvalue weighted by Gasteiger charge is 2.26. The number of piperidine rings is 1. The molecule has 16 heavy (non-hydrogen) atoms. The summed E-state index contributed by atoms with van der Waals surface area (Å²) in [7, 11) is 0. The van der Waals surface area contributed by atoms with Gasteiger partial charge in [0.25, 0.3) is 5.91 Å². The van der Waals surface area contributed by atoms with Gasteiger partial charge >= 0.3 is 0 Å². The Morgan fingerprint density at radius 2 is 1.88 bits per heavy atom. The Labute approximate surface area is 93.9 Å². The molecule has 1 saturated heterocycles. The summed E-state index contributed by atoms with van der Waals surface area (Å²) in [6.07, 6.45) is 6.15. The van der Waals surface area contributed by atoms with Gasteiger partial charge in [-0.05, 0) is 25.7 Å². The number of carbonyl (C=O) groups excluding carboxylic acids is 1. The van der Waals surface area contributed by atoms with E-state index >= 15 is 0 Å². The quantitative estimate of drug-likeness (QED) is 0.677. The maximum Gasteiger partial charge on any atom is 0.292 e. The largest absolute Gasteiger partial charge is 0.351 e. The number of carbonyl (C=O) groups is 1. The maximum atomic E-state index is 11.9. The number of nitrogens with zero attached hydrogens (tertiary/aromatic N) is 2. The van der Waals surface area contributed by atoms with E-state index in [-0.39, 0.29) is 5.91 Å². The lowest BCUT2D eigenvalue weighted by Crippen LogP contribution is -2.36. The summed E-state index contributed by atoms with van der Waals surface area (Å²) in [5.74, 6) is 0.319. The fraction of sp³-hybridized carbons (Fsp3) is 0.500. The van der Waals surface area contributed by atoms with Crippen LogP contribution in [0.4, 0.5) is 0 Å². The molecule has 4 heteroatoms. The molecule has 2 fully saturated rings. The fourth-order valence-electron chi connectivity index (χ4n) is 2.23. The van der Waals surface area contributed by atoms with Gasteiger partial charge in [0, 0.05) is 19.2 Å². The molecule has 0 aromatic carbocycles. The number of aromatic nitrogens is 1. The van der Waals surface area contributed by atoms with Crippen LogP contribution in [0.1, 0.15) is 36.2 Å². The Bertz CT molecular complexity index is 418. The maximum absolute atomic E-state index is 11.9.